The highest BCUT2D eigenvalue weighted by Gasteiger charge is 2.40. The van der Waals surface area contributed by atoms with E-state index in [1.807, 2.05) is 13.8 Å². The fourth-order valence-electron chi connectivity index (χ4n) is 2.78. The molecule has 1 aromatic rings. The molecule has 2 aliphatic rings. The highest BCUT2D eigenvalue weighted by molar-refractivity contribution is 7.90. The Morgan fingerprint density at radius 2 is 1.86 bits per heavy atom. The Balaban J connectivity index is 1.75. The molecule has 6 nitrogen and oxygen atoms in total. The molecule has 1 aliphatic carbocycles. The molecule has 0 atom stereocenters. The lowest BCUT2D eigenvalue weighted by Gasteiger charge is -2.24. The summed E-state index contributed by atoms with van der Waals surface area (Å²) < 4.78 is 26.4. The van der Waals surface area contributed by atoms with Gasteiger partial charge in [-0.05, 0) is 33.1 Å². The maximum absolute atomic E-state index is 12.3. The van der Waals surface area contributed by atoms with Crippen molar-refractivity contribution in [2.24, 2.45) is 0 Å². The first-order valence-corrected chi connectivity index (χ1v) is 9.02. The van der Waals surface area contributed by atoms with Crippen LogP contribution in [0.5, 0.6) is 0 Å². The third kappa shape index (κ3) is 2.89. The molecule has 3 rings (SSSR count). The van der Waals surface area contributed by atoms with Gasteiger partial charge in [-0.2, -0.15) is 4.31 Å². The largest absolute Gasteiger partial charge is 0.355 e. The number of hydrogen-bond acceptors (Lipinski definition) is 5. The number of sulfonamides is 1. The van der Waals surface area contributed by atoms with Crippen LogP contribution in [0.2, 0.25) is 0 Å². The Morgan fingerprint density at radius 3 is 2.57 bits per heavy atom. The molecule has 0 bridgehead atoms. The molecule has 1 saturated carbocycles. The number of aromatic nitrogens is 2. The first-order chi connectivity index (χ1) is 10.00. The second-order valence-corrected chi connectivity index (χ2v) is 8.10. The maximum Gasteiger partial charge on any atom is 0.217 e. The van der Waals surface area contributed by atoms with Crippen LogP contribution in [0.1, 0.15) is 30.5 Å². The molecule has 0 amide bonds. The lowest BCUT2D eigenvalue weighted by Crippen LogP contribution is -2.37. The summed E-state index contributed by atoms with van der Waals surface area (Å²) in [7, 11) is -3.06. The highest BCUT2D eigenvalue weighted by atomic mass is 32.2. The first-order valence-electron chi connectivity index (χ1n) is 7.52. The Labute approximate surface area is 126 Å². The molecule has 1 saturated heterocycles. The first kappa shape index (κ1) is 14.7. The van der Waals surface area contributed by atoms with Crippen LogP contribution in [0.15, 0.2) is 6.33 Å². The normalized spacial score (nSPS) is 21.3. The van der Waals surface area contributed by atoms with Crippen molar-refractivity contribution in [1.82, 2.24) is 14.3 Å². The minimum atomic E-state index is -3.06. The van der Waals surface area contributed by atoms with E-state index in [0.29, 0.717) is 19.6 Å². The van der Waals surface area contributed by atoms with E-state index in [-0.39, 0.29) is 5.25 Å². The maximum atomic E-state index is 12.3. The standard InChI is InChI=1S/C14H22N4O2S/c1-11-12(2)15-10-16-14(11)17-6-3-7-18(9-8-17)21(19,20)13-4-5-13/h10,13H,3-9H2,1-2H3. The van der Waals surface area contributed by atoms with Crippen molar-refractivity contribution in [3.63, 3.8) is 0 Å². The highest BCUT2D eigenvalue weighted by Crippen LogP contribution is 2.31. The van der Waals surface area contributed by atoms with E-state index in [1.54, 1.807) is 10.6 Å². The number of anilines is 1. The van der Waals surface area contributed by atoms with Crippen LogP contribution < -0.4 is 4.90 Å². The zero-order valence-corrected chi connectivity index (χ0v) is 13.4. The fourth-order valence-corrected chi connectivity index (χ4v) is 4.65. The van der Waals surface area contributed by atoms with Gasteiger partial charge in [0.05, 0.1) is 5.25 Å². The van der Waals surface area contributed by atoms with Gasteiger partial charge in [0.25, 0.3) is 0 Å². The van der Waals surface area contributed by atoms with Gasteiger partial charge in [0, 0.05) is 37.4 Å². The van der Waals surface area contributed by atoms with Crippen molar-refractivity contribution >= 4 is 15.8 Å². The summed E-state index contributed by atoms with van der Waals surface area (Å²) in [5.41, 5.74) is 2.06. The zero-order valence-electron chi connectivity index (χ0n) is 12.6. The lowest BCUT2D eigenvalue weighted by molar-refractivity contribution is 0.432. The van der Waals surface area contributed by atoms with Crippen LogP contribution in [0.3, 0.4) is 0 Å². The van der Waals surface area contributed by atoms with Crippen molar-refractivity contribution in [1.29, 1.82) is 0 Å². The molecule has 21 heavy (non-hydrogen) atoms. The summed E-state index contributed by atoms with van der Waals surface area (Å²) in [5, 5.41) is -0.118. The van der Waals surface area contributed by atoms with E-state index in [4.69, 9.17) is 0 Å². The second kappa shape index (κ2) is 5.53. The number of hydrogen-bond donors (Lipinski definition) is 0. The molecule has 1 aliphatic heterocycles. The Morgan fingerprint density at radius 1 is 1.10 bits per heavy atom. The summed E-state index contributed by atoms with van der Waals surface area (Å²) in [4.78, 5) is 10.8. The van der Waals surface area contributed by atoms with Crippen molar-refractivity contribution in [2.75, 3.05) is 31.1 Å². The lowest BCUT2D eigenvalue weighted by atomic mass is 10.2. The summed E-state index contributed by atoms with van der Waals surface area (Å²) in [6.07, 6.45) is 4.08. The van der Waals surface area contributed by atoms with Gasteiger partial charge in [0.15, 0.2) is 0 Å². The molecule has 0 unspecified atom stereocenters. The van der Waals surface area contributed by atoms with E-state index in [1.165, 1.54) is 0 Å². The van der Waals surface area contributed by atoms with E-state index < -0.39 is 10.0 Å². The smallest absolute Gasteiger partial charge is 0.217 e. The van der Waals surface area contributed by atoms with Gasteiger partial charge in [-0.3, -0.25) is 0 Å². The van der Waals surface area contributed by atoms with Crippen LogP contribution in [0.4, 0.5) is 5.82 Å². The summed E-state index contributed by atoms with van der Waals surface area (Å²) in [6.45, 7) is 6.72. The summed E-state index contributed by atoms with van der Waals surface area (Å²) in [5.74, 6) is 0.938. The van der Waals surface area contributed by atoms with Gasteiger partial charge in [-0.15, -0.1) is 0 Å². The molecule has 0 radical (unpaired) electrons. The summed E-state index contributed by atoms with van der Waals surface area (Å²) >= 11 is 0. The number of aryl methyl sites for hydroxylation is 1. The number of nitrogens with zero attached hydrogens (tertiary/aromatic N) is 4. The Hall–Kier alpha value is -1.21. The molecule has 1 aromatic heterocycles. The molecule has 0 aromatic carbocycles. The molecule has 2 heterocycles. The molecular weight excluding hydrogens is 288 g/mol. The third-order valence-electron chi connectivity index (χ3n) is 4.37. The van der Waals surface area contributed by atoms with E-state index in [0.717, 1.165) is 42.9 Å². The fraction of sp³-hybridized carbons (Fsp3) is 0.714. The van der Waals surface area contributed by atoms with Crippen molar-refractivity contribution in [3.8, 4) is 0 Å². The quantitative estimate of drug-likeness (QED) is 0.836. The van der Waals surface area contributed by atoms with Gasteiger partial charge >= 0.3 is 0 Å². The van der Waals surface area contributed by atoms with Crippen LogP contribution in [0, 0.1) is 13.8 Å². The molecule has 116 valence electrons. The van der Waals surface area contributed by atoms with Gasteiger partial charge in [0.1, 0.15) is 12.1 Å². The predicted octanol–water partition coefficient (Wildman–Crippen LogP) is 1.10. The monoisotopic (exact) mass is 310 g/mol. The molecule has 0 N–H and O–H groups in total. The molecule has 2 fully saturated rings. The van der Waals surface area contributed by atoms with E-state index in [2.05, 4.69) is 14.9 Å². The zero-order chi connectivity index (χ0) is 15.0. The predicted molar refractivity (Wildman–Crippen MR) is 81.9 cm³/mol. The average Bonchev–Trinajstić information content (AvgIpc) is 3.28. The molecule has 7 heteroatoms. The van der Waals surface area contributed by atoms with Gasteiger partial charge < -0.3 is 4.90 Å². The van der Waals surface area contributed by atoms with Crippen molar-refractivity contribution in [3.05, 3.63) is 17.6 Å². The Kier molecular flexibility index (Phi) is 3.88. The topological polar surface area (TPSA) is 66.4 Å². The third-order valence-corrected chi connectivity index (χ3v) is 6.77. The van der Waals surface area contributed by atoms with Crippen LogP contribution >= 0.6 is 0 Å². The SMILES string of the molecule is Cc1ncnc(N2CCCN(S(=O)(=O)C3CC3)CC2)c1C. The number of rotatable bonds is 3. The van der Waals surface area contributed by atoms with Crippen LogP contribution in [-0.2, 0) is 10.0 Å². The van der Waals surface area contributed by atoms with Gasteiger partial charge in [0.2, 0.25) is 10.0 Å². The minimum absolute atomic E-state index is 0.118. The second-order valence-electron chi connectivity index (χ2n) is 5.89. The Bertz CT molecular complexity index is 628. The van der Waals surface area contributed by atoms with Gasteiger partial charge in [-0.1, -0.05) is 0 Å². The van der Waals surface area contributed by atoms with Crippen LogP contribution in [0.25, 0.3) is 0 Å². The minimum Gasteiger partial charge on any atom is -0.355 e. The average molecular weight is 310 g/mol. The van der Waals surface area contributed by atoms with Crippen LogP contribution in [-0.4, -0.2) is 54.1 Å². The van der Waals surface area contributed by atoms with Crippen molar-refractivity contribution < 1.29 is 8.42 Å². The van der Waals surface area contributed by atoms with Crippen molar-refractivity contribution in [2.45, 2.75) is 38.4 Å². The molecule has 0 spiro atoms. The molecular formula is C14H22N4O2S. The summed E-state index contributed by atoms with van der Waals surface area (Å²) in [6, 6.07) is 0. The van der Waals surface area contributed by atoms with Gasteiger partial charge in [-0.25, -0.2) is 18.4 Å². The van der Waals surface area contributed by atoms with E-state index >= 15 is 0 Å². The van der Waals surface area contributed by atoms with E-state index in [9.17, 15) is 8.42 Å².